The molecule has 1 aromatic heterocycles. The maximum Gasteiger partial charge on any atom is 0.292 e. The van der Waals surface area contributed by atoms with Gasteiger partial charge in [0, 0.05) is 20.4 Å². The minimum absolute atomic E-state index is 0.0204. The zero-order valence-corrected chi connectivity index (χ0v) is 12.2. The Balaban J connectivity index is 2.20. The number of nitrogens with one attached hydrogen (secondary N) is 1. The average molecular weight is 348 g/mol. The van der Waals surface area contributed by atoms with Crippen LogP contribution in [0.1, 0.15) is 4.88 Å². The van der Waals surface area contributed by atoms with Gasteiger partial charge in [-0.3, -0.25) is 10.1 Å². The summed E-state index contributed by atoms with van der Waals surface area (Å²) in [4.78, 5) is 11.5. The van der Waals surface area contributed by atoms with Crippen LogP contribution < -0.4 is 5.32 Å². The SMILES string of the molecule is O=[N+]([O-])c1ccc(Cl)cc1NCc1sccc1Br. The van der Waals surface area contributed by atoms with E-state index in [0.29, 0.717) is 17.3 Å². The molecule has 0 aliphatic heterocycles. The molecule has 0 amide bonds. The van der Waals surface area contributed by atoms with Crippen molar-refractivity contribution in [2.24, 2.45) is 0 Å². The number of nitrogens with zero attached hydrogens (tertiary/aromatic N) is 1. The molecule has 0 radical (unpaired) electrons. The number of rotatable bonds is 4. The molecule has 4 nitrogen and oxygen atoms in total. The molecule has 94 valence electrons. The summed E-state index contributed by atoms with van der Waals surface area (Å²) in [6.07, 6.45) is 0. The summed E-state index contributed by atoms with van der Waals surface area (Å²) in [5, 5.41) is 16.3. The van der Waals surface area contributed by atoms with Crippen molar-refractivity contribution in [1.82, 2.24) is 0 Å². The molecule has 0 bridgehead atoms. The monoisotopic (exact) mass is 346 g/mol. The minimum Gasteiger partial charge on any atom is -0.375 e. The first-order valence-corrected chi connectivity index (χ1v) is 7.02. The molecule has 0 saturated heterocycles. The molecule has 2 aromatic rings. The molecular weight excluding hydrogens is 340 g/mol. The molecule has 0 aliphatic rings. The molecule has 0 saturated carbocycles. The molecule has 1 aromatic carbocycles. The van der Waals surface area contributed by atoms with Gasteiger partial charge in [-0.15, -0.1) is 11.3 Å². The summed E-state index contributed by atoms with van der Waals surface area (Å²) in [6, 6.07) is 6.40. The van der Waals surface area contributed by atoms with E-state index >= 15 is 0 Å². The lowest BCUT2D eigenvalue weighted by molar-refractivity contribution is -0.384. The smallest absolute Gasteiger partial charge is 0.292 e. The van der Waals surface area contributed by atoms with Crippen molar-refractivity contribution in [1.29, 1.82) is 0 Å². The Morgan fingerprint density at radius 2 is 2.22 bits per heavy atom. The predicted octanol–water partition coefficient (Wildman–Crippen LogP) is 4.68. The van der Waals surface area contributed by atoms with E-state index < -0.39 is 4.92 Å². The first kappa shape index (κ1) is 13.3. The summed E-state index contributed by atoms with van der Waals surface area (Å²) in [5.74, 6) is 0. The average Bonchev–Trinajstić information content (AvgIpc) is 2.72. The van der Waals surface area contributed by atoms with Gasteiger partial charge in [0.15, 0.2) is 0 Å². The molecule has 0 spiro atoms. The van der Waals surface area contributed by atoms with Crippen LogP contribution in [-0.2, 0) is 6.54 Å². The van der Waals surface area contributed by atoms with Gasteiger partial charge in [-0.05, 0) is 39.5 Å². The molecule has 2 rings (SSSR count). The van der Waals surface area contributed by atoms with Gasteiger partial charge < -0.3 is 5.32 Å². The highest BCUT2D eigenvalue weighted by Gasteiger charge is 2.14. The van der Waals surface area contributed by atoms with E-state index in [9.17, 15) is 10.1 Å². The Morgan fingerprint density at radius 1 is 1.44 bits per heavy atom. The van der Waals surface area contributed by atoms with E-state index in [-0.39, 0.29) is 5.69 Å². The fourth-order valence-electron chi connectivity index (χ4n) is 1.44. The van der Waals surface area contributed by atoms with Crippen molar-refractivity contribution < 1.29 is 4.92 Å². The van der Waals surface area contributed by atoms with Gasteiger partial charge in [0.25, 0.3) is 5.69 Å². The first-order valence-electron chi connectivity index (χ1n) is 4.97. The highest BCUT2D eigenvalue weighted by molar-refractivity contribution is 9.10. The molecule has 1 heterocycles. The van der Waals surface area contributed by atoms with E-state index in [4.69, 9.17) is 11.6 Å². The largest absolute Gasteiger partial charge is 0.375 e. The molecule has 18 heavy (non-hydrogen) atoms. The number of thiophene rings is 1. The molecule has 0 fully saturated rings. The van der Waals surface area contributed by atoms with Crippen LogP contribution >= 0.6 is 38.9 Å². The van der Waals surface area contributed by atoms with Crippen LogP contribution in [0.15, 0.2) is 34.1 Å². The van der Waals surface area contributed by atoms with Crippen LogP contribution in [-0.4, -0.2) is 4.92 Å². The number of hydrogen-bond acceptors (Lipinski definition) is 4. The number of hydrogen-bond donors (Lipinski definition) is 1. The van der Waals surface area contributed by atoms with Gasteiger partial charge in [-0.1, -0.05) is 11.6 Å². The number of halogens is 2. The van der Waals surface area contributed by atoms with E-state index in [1.54, 1.807) is 17.4 Å². The zero-order valence-electron chi connectivity index (χ0n) is 9.02. The summed E-state index contributed by atoms with van der Waals surface area (Å²) in [7, 11) is 0. The summed E-state index contributed by atoms with van der Waals surface area (Å²) in [5.41, 5.74) is 0.444. The first-order chi connectivity index (χ1) is 8.58. The maximum atomic E-state index is 10.9. The number of benzene rings is 1. The standard InChI is InChI=1S/C11H8BrClN2O2S/c12-8-3-4-18-11(8)6-14-9-5-7(13)1-2-10(9)15(16)17/h1-5,14H,6H2. The normalized spacial score (nSPS) is 10.3. The lowest BCUT2D eigenvalue weighted by Gasteiger charge is -2.06. The van der Waals surface area contributed by atoms with Crippen molar-refractivity contribution in [3.63, 3.8) is 0 Å². The molecule has 0 atom stereocenters. The second-order valence-corrected chi connectivity index (χ2v) is 5.76. The van der Waals surface area contributed by atoms with E-state index in [2.05, 4.69) is 21.2 Å². The van der Waals surface area contributed by atoms with Gasteiger partial charge in [-0.2, -0.15) is 0 Å². The number of anilines is 1. The molecule has 1 N–H and O–H groups in total. The van der Waals surface area contributed by atoms with Gasteiger partial charge in [-0.25, -0.2) is 0 Å². The van der Waals surface area contributed by atoms with Crippen molar-refractivity contribution >= 4 is 50.2 Å². The van der Waals surface area contributed by atoms with Crippen LogP contribution in [0, 0.1) is 10.1 Å². The summed E-state index contributed by atoms with van der Waals surface area (Å²) in [6.45, 7) is 0.513. The molecule has 0 aliphatic carbocycles. The highest BCUT2D eigenvalue weighted by atomic mass is 79.9. The van der Waals surface area contributed by atoms with Gasteiger partial charge in [0.2, 0.25) is 0 Å². The molecular formula is C11H8BrClN2O2S. The Labute approximate surface area is 121 Å². The summed E-state index contributed by atoms with van der Waals surface area (Å²) >= 11 is 10.8. The lowest BCUT2D eigenvalue weighted by Crippen LogP contribution is -2.01. The second kappa shape index (κ2) is 5.69. The predicted molar refractivity (Wildman–Crippen MR) is 77.5 cm³/mol. The Hall–Kier alpha value is -1.11. The lowest BCUT2D eigenvalue weighted by atomic mass is 10.2. The number of nitro groups is 1. The Kier molecular flexibility index (Phi) is 4.21. The van der Waals surface area contributed by atoms with Crippen molar-refractivity contribution in [2.45, 2.75) is 6.54 Å². The van der Waals surface area contributed by atoms with Crippen LogP contribution in [0.5, 0.6) is 0 Å². The van der Waals surface area contributed by atoms with Crippen molar-refractivity contribution in [2.75, 3.05) is 5.32 Å². The van der Waals surface area contributed by atoms with Crippen LogP contribution in [0.3, 0.4) is 0 Å². The third-order valence-electron chi connectivity index (χ3n) is 2.29. The van der Waals surface area contributed by atoms with E-state index in [0.717, 1.165) is 9.35 Å². The van der Waals surface area contributed by atoms with Crippen molar-refractivity contribution in [3.05, 3.63) is 54.1 Å². The van der Waals surface area contributed by atoms with Gasteiger partial charge >= 0.3 is 0 Å². The molecule has 7 heteroatoms. The maximum absolute atomic E-state index is 10.9. The third kappa shape index (κ3) is 3.01. The quantitative estimate of drug-likeness (QED) is 0.645. The topological polar surface area (TPSA) is 55.2 Å². The van der Waals surface area contributed by atoms with E-state index in [1.165, 1.54) is 12.1 Å². The Morgan fingerprint density at radius 3 is 2.83 bits per heavy atom. The van der Waals surface area contributed by atoms with Crippen LogP contribution in [0.2, 0.25) is 5.02 Å². The summed E-state index contributed by atoms with van der Waals surface area (Å²) < 4.78 is 0.990. The Bertz CT molecular complexity index is 588. The molecule has 0 unspecified atom stereocenters. The van der Waals surface area contributed by atoms with Crippen LogP contribution in [0.25, 0.3) is 0 Å². The van der Waals surface area contributed by atoms with Crippen LogP contribution in [0.4, 0.5) is 11.4 Å². The fraction of sp³-hybridized carbons (Fsp3) is 0.0909. The van der Waals surface area contributed by atoms with Gasteiger partial charge in [0.1, 0.15) is 5.69 Å². The van der Waals surface area contributed by atoms with E-state index in [1.807, 2.05) is 11.4 Å². The highest BCUT2D eigenvalue weighted by Crippen LogP contribution is 2.29. The zero-order chi connectivity index (χ0) is 13.1. The third-order valence-corrected chi connectivity index (χ3v) is 4.45. The minimum atomic E-state index is -0.428. The second-order valence-electron chi connectivity index (χ2n) is 3.46. The van der Waals surface area contributed by atoms with Gasteiger partial charge in [0.05, 0.1) is 11.5 Å². The fourth-order valence-corrected chi connectivity index (χ4v) is 3.04. The van der Waals surface area contributed by atoms with Crippen molar-refractivity contribution in [3.8, 4) is 0 Å². The number of nitro benzene ring substituents is 1.